The van der Waals surface area contributed by atoms with Crippen LogP contribution in [0.4, 0.5) is 0 Å². The number of piperazine rings is 1. The molecule has 1 heterocycles. The van der Waals surface area contributed by atoms with E-state index in [1.165, 1.54) is 38.2 Å². The van der Waals surface area contributed by atoms with E-state index in [9.17, 15) is 4.79 Å². The monoisotopic (exact) mass is 220 g/mol. The molecule has 0 aromatic carbocycles. The third-order valence-corrected chi connectivity index (χ3v) is 3.95. The van der Waals surface area contributed by atoms with Gasteiger partial charge in [0, 0.05) is 50.9 Å². The summed E-state index contributed by atoms with van der Waals surface area (Å²) in [6.45, 7) is 5.91. The lowest BCUT2D eigenvalue weighted by molar-refractivity contribution is -0.114. The van der Waals surface area contributed by atoms with E-state index >= 15 is 0 Å². The Labute approximate surface area is 97.1 Å². The first-order valence-electron chi connectivity index (χ1n) is 6.52. The van der Waals surface area contributed by atoms with Crippen LogP contribution < -0.4 is 0 Å². The Morgan fingerprint density at radius 3 is 2.44 bits per heavy atom. The highest BCUT2D eigenvalue weighted by atomic mass is 16.1. The van der Waals surface area contributed by atoms with Crippen molar-refractivity contribution in [2.24, 2.45) is 5.92 Å². The summed E-state index contributed by atoms with van der Waals surface area (Å²) >= 11 is 0. The summed E-state index contributed by atoms with van der Waals surface area (Å²) in [5, 5.41) is 0. The van der Waals surface area contributed by atoms with Crippen LogP contribution in [0.25, 0.3) is 0 Å². The number of rotatable bonds is 3. The molecular weight excluding hydrogens is 200 g/mol. The SMILES string of the molecule is O=C1C=C(N2CCN(CC3CC3)CC2)CC1. The fourth-order valence-electron chi connectivity index (χ4n) is 2.71. The zero-order chi connectivity index (χ0) is 11.0. The van der Waals surface area contributed by atoms with E-state index < -0.39 is 0 Å². The van der Waals surface area contributed by atoms with Gasteiger partial charge < -0.3 is 4.90 Å². The average molecular weight is 220 g/mol. The summed E-state index contributed by atoms with van der Waals surface area (Å²) in [6.07, 6.45) is 6.45. The normalized spacial score (nSPS) is 27.4. The number of allylic oxidation sites excluding steroid dienone is 2. The summed E-state index contributed by atoms with van der Waals surface area (Å²) in [5.41, 5.74) is 1.29. The molecule has 3 rings (SSSR count). The molecule has 1 saturated carbocycles. The summed E-state index contributed by atoms with van der Waals surface area (Å²) in [5.74, 6) is 1.31. The summed E-state index contributed by atoms with van der Waals surface area (Å²) < 4.78 is 0. The highest BCUT2D eigenvalue weighted by Crippen LogP contribution is 2.30. The standard InChI is InChI=1S/C13H20N2O/c16-13-4-3-12(9-13)15-7-5-14(6-8-15)10-11-1-2-11/h9,11H,1-8,10H2. The first-order chi connectivity index (χ1) is 7.81. The van der Waals surface area contributed by atoms with E-state index in [0.717, 1.165) is 31.8 Å². The highest BCUT2D eigenvalue weighted by molar-refractivity contribution is 5.92. The minimum Gasteiger partial charge on any atom is -0.372 e. The molecule has 2 fully saturated rings. The second-order valence-corrected chi connectivity index (χ2v) is 5.33. The lowest BCUT2D eigenvalue weighted by Crippen LogP contribution is -2.46. The number of hydrogen-bond acceptors (Lipinski definition) is 3. The van der Waals surface area contributed by atoms with Crippen LogP contribution in [0.3, 0.4) is 0 Å². The van der Waals surface area contributed by atoms with Gasteiger partial charge in [-0.15, -0.1) is 0 Å². The average Bonchev–Trinajstić information content (AvgIpc) is 3.00. The Morgan fingerprint density at radius 1 is 1.12 bits per heavy atom. The fraction of sp³-hybridized carbons (Fsp3) is 0.769. The Morgan fingerprint density at radius 2 is 1.88 bits per heavy atom. The van der Waals surface area contributed by atoms with E-state index in [2.05, 4.69) is 9.80 Å². The smallest absolute Gasteiger partial charge is 0.157 e. The quantitative estimate of drug-likeness (QED) is 0.715. The molecule has 88 valence electrons. The molecule has 0 aromatic heterocycles. The predicted molar refractivity (Wildman–Crippen MR) is 63.1 cm³/mol. The molecule has 0 amide bonds. The zero-order valence-corrected chi connectivity index (χ0v) is 9.82. The molecular formula is C13H20N2O. The number of ketones is 1. The van der Waals surface area contributed by atoms with Crippen LogP contribution in [0.1, 0.15) is 25.7 Å². The van der Waals surface area contributed by atoms with Crippen LogP contribution in [0.2, 0.25) is 0 Å². The molecule has 0 bridgehead atoms. The van der Waals surface area contributed by atoms with Gasteiger partial charge in [-0.1, -0.05) is 0 Å². The van der Waals surface area contributed by atoms with Crippen LogP contribution in [-0.4, -0.2) is 48.3 Å². The Balaban J connectivity index is 1.49. The molecule has 3 nitrogen and oxygen atoms in total. The van der Waals surface area contributed by atoms with Crippen molar-refractivity contribution in [3.63, 3.8) is 0 Å². The maximum Gasteiger partial charge on any atom is 0.157 e. The van der Waals surface area contributed by atoms with E-state index in [4.69, 9.17) is 0 Å². The topological polar surface area (TPSA) is 23.6 Å². The van der Waals surface area contributed by atoms with Gasteiger partial charge in [-0.3, -0.25) is 9.69 Å². The van der Waals surface area contributed by atoms with Gasteiger partial charge in [0.05, 0.1) is 0 Å². The van der Waals surface area contributed by atoms with Crippen molar-refractivity contribution in [3.05, 3.63) is 11.8 Å². The van der Waals surface area contributed by atoms with Crippen molar-refractivity contribution in [1.82, 2.24) is 9.80 Å². The lowest BCUT2D eigenvalue weighted by atomic mass is 10.2. The molecule has 0 spiro atoms. The van der Waals surface area contributed by atoms with Crippen molar-refractivity contribution in [2.75, 3.05) is 32.7 Å². The van der Waals surface area contributed by atoms with Gasteiger partial charge in [-0.2, -0.15) is 0 Å². The molecule has 16 heavy (non-hydrogen) atoms. The van der Waals surface area contributed by atoms with Crippen molar-refractivity contribution in [2.45, 2.75) is 25.7 Å². The second-order valence-electron chi connectivity index (χ2n) is 5.33. The van der Waals surface area contributed by atoms with Crippen LogP contribution in [0.15, 0.2) is 11.8 Å². The number of nitrogens with zero attached hydrogens (tertiary/aromatic N) is 2. The minimum atomic E-state index is 0.315. The van der Waals surface area contributed by atoms with Crippen LogP contribution in [0, 0.1) is 5.92 Å². The Hall–Kier alpha value is -0.830. The van der Waals surface area contributed by atoms with Gasteiger partial charge in [0.15, 0.2) is 5.78 Å². The van der Waals surface area contributed by atoms with Crippen LogP contribution in [-0.2, 0) is 4.79 Å². The third kappa shape index (κ3) is 2.29. The summed E-state index contributed by atoms with van der Waals surface area (Å²) in [7, 11) is 0. The summed E-state index contributed by atoms with van der Waals surface area (Å²) in [4.78, 5) is 16.2. The maximum atomic E-state index is 11.2. The first kappa shape index (κ1) is 10.3. The molecule has 3 heteroatoms. The number of hydrogen-bond donors (Lipinski definition) is 0. The lowest BCUT2D eigenvalue weighted by Gasteiger charge is -2.36. The van der Waals surface area contributed by atoms with E-state index in [-0.39, 0.29) is 0 Å². The molecule has 0 unspecified atom stereocenters. The Bertz CT molecular complexity index is 312. The van der Waals surface area contributed by atoms with Crippen molar-refractivity contribution < 1.29 is 4.79 Å². The molecule has 0 aromatic rings. The number of carbonyl (C=O) groups is 1. The van der Waals surface area contributed by atoms with Gasteiger partial charge in [-0.05, 0) is 25.2 Å². The zero-order valence-electron chi connectivity index (χ0n) is 9.82. The molecule has 0 atom stereocenters. The molecule has 2 aliphatic carbocycles. The van der Waals surface area contributed by atoms with E-state index in [1.807, 2.05) is 6.08 Å². The Kier molecular flexibility index (Phi) is 2.72. The summed E-state index contributed by atoms with van der Waals surface area (Å²) in [6, 6.07) is 0. The molecule has 0 N–H and O–H groups in total. The minimum absolute atomic E-state index is 0.315. The molecule has 3 aliphatic rings. The van der Waals surface area contributed by atoms with Crippen molar-refractivity contribution in [3.8, 4) is 0 Å². The molecule has 0 radical (unpaired) electrons. The van der Waals surface area contributed by atoms with Gasteiger partial charge >= 0.3 is 0 Å². The molecule has 1 aliphatic heterocycles. The van der Waals surface area contributed by atoms with Crippen molar-refractivity contribution >= 4 is 5.78 Å². The van der Waals surface area contributed by atoms with Gasteiger partial charge in [0.25, 0.3) is 0 Å². The van der Waals surface area contributed by atoms with Crippen LogP contribution in [0.5, 0.6) is 0 Å². The van der Waals surface area contributed by atoms with Gasteiger partial charge in [0.2, 0.25) is 0 Å². The maximum absolute atomic E-state index is 11.2. The number of carbonyl (C=O) groups excluding carboxylic acids is 1. The van der Waals surface area contributed by atoms with E-state index in [0.29, 0.717) is 5.78 Å². The van der Waals surface area contributed by atoms with Crippen LogP contribution >= 0.6 is 0 Å². The predicted octanol–water partition coefficient (Wildman–Crippen LogP) is 1.26. The van der Waals surface area contributed by atoms with Crippen molar-refractivity contribution in [1.29, 1.82) is 0 Å². The van der Waals surface area contributed by atoms with Gasteiger partial charge in [-0.25, -0.2) is 0 Å². The van der Waals surface area contributed by atoms with E-state index in [1.54, 1.807) is 0 Å². The molecule has 1 saturated heterocycles. The largest absolute Gasteiger partial charge is 0.372 e. The third-order valence-electron chi connectivity index (χ3n) is 3.95. The first-order valence-corrected chi connectivity index (χ1v) is 6.52. The second kappa shape index (κ2) is 4.21. The highest BCUT2D eigenvalue weighted by Gasteiger charge is 2.27. The van der Waals surface area contributed by atoms with Gasteiger partial charge in [0.1, 0.15) is 0 Å². The fourth-order valence-corrected chi connectivity index (χ4v) is 2.71.